The molecule has 8 nitrogen and oxygen atoms in total. The Morgan fingerprint density at radius 3 is 2.65 bits per heavy atom. The number of nitrogens with zero attached hydrogens (tertiary/aromatic N) is 2. The number of hydrogen-bond acceptors (Lipinski definition) is 6. The number of hydrogen-bond donors (Lipinski definition) is 2. The van der Waals surface area contributed by atoms with E-state index in [1.54, 1.807) is 17.8 Å². The molecule has 1 aromatic carbocycles. The average molecular weight is 381 g/mol. The van der Waals surface area contributed by atoms with E-state index in [-0.39, 0.29) is 11.3 Å². The van der Waals surface area contributed by atoms with E-state index in [2.05, 4.69) is 5.32 Å². The molecule has 0 spiro atoms. The fraction of sp³-hybridized carbons (Fsp3) is 0.529. The number of carbonyl (C=O) groups is 2. The third-order valence-electron chi connectivity index (χ3n) is 4.24. The van der Waals surface area contributed by atoms with E-state index in [0.717, 1.165) is 31.7 Å². The number of anilines is 1. The van der Waals surface area contributed by atoms with Crippen LogP contribution in [0, 0.1) is 10.1 Å². The quantitative estimate of drug-likeness (QED) is 0.384. The van der Waals surface area contributed by atoms with Crippen LogP contribution in [0.4, 0.5) is 11.4 Å². The van der Waals surface area contributed by atoms with Gasteiger partial charge in [-0.3, -0.25) is 14.9 Å². The molecule has 0 aromatic heterocycles. The molecule has 2 N–H and O–H groups in total. The molecule has 1 saturated heterocycles. The van der Waals surface area contributed by atoms with Crippen LogP contribution in [0.3, 0.4) is 0 Å². The first-order valence-electron chi connectivity index (χ1n) is 8.58. The molecule has 142 valence electrons. The fourth-order valence-corrected chi connectivity index (χ4v) is 3.57. The minimum absolute atomic E-state index is 0.0917. The van der Waals surface area contributed by atoms with Gasteiger partial charge in [-0.05, 0) is 42.9 Å². The fourth-order valence-electron chi connectivity index (χ4n) is 2.88. The lowest BCUT2D eigenvalue weighted by molar-refractivity contribution is -0.384. The van der Waals surface area contributed by atoms with Crippen molar-refractivity contribution in [2.45, 2.75) is 32.2 Å². The van der Waals surface area contributed by atoms with Gasteiger partial charge in [0.05, 0.1) is 4.92 Å². The summed E-state index contributed by atoms with van der Waals surface area (Å²) in [5, 5.41) is 23.1. The first-order chi connectivity index (χ1) is 12.4. The van der Waals surface area contributed by atoms with Crippen LogP contribution in [0.1, 0.15) is 36.5 Å². The van der Waals surface area contributed by atoms with Gasteiger partial charge in [0.15, 0.2) is 0 Å². The van der Waals surface area contributed by atoms with Gasteiger partial charge >= 0.3 is 5.97 Å². The number of amides is 1. The smallest absolute Gasteiger partial charge is 0.326 e. The lowest BCUT2D eigenvalue weighted by Gasteiger charge is -2.18. The summed E-state index contributed by atoms with van der Waals surface area (Å²) in [4.78, 5) is 36.5. The van der Waals surface area contributed by atoms with Crippen LogP contribution in [0.5, 0.6) is 0 Å². The Morgan fingerprint density at radius 2 is 2.08 bits per heavy atom. The standard InChI is InChI=1S/C17H23N3O5S/c1-2-26-10-7-13(17(22)23)18-16(21)12-5-6-14(15(11-12)20(24)25)19-8-3-4-9-19/h5-6,11,13H,2-4,7-10H2,1H3,(H,18,21)(H,22,23). The molecule has 1 amide bonds. The van der Waals surface area contributed by atoms with E-state index in [4.69, 9.17) is 0 Å². The highest BCUT2D eigenvalue weighted by Gasteiger charge is 2.25. The van der Waals surface area contributed by atoms with E-state index in [1.165, 1.54) is 12.1 Å². The number of nitrogens with one attached hydrogen (secondary N) is 1. The highest BCUT2D eigenvalue weighted by molar-refractivity contribution is 7.99. The van der Waals surface area contributed by atoms with Crippen LogP contribution in [0.15, 0.2) is 18.2 Å². The molecule has 1 heterocycles. The second-order valence-electron chi connectivity index (χ2n) is 6.00. The van der Waals surface area contributed by atoms with E-state index in [9.17, 15) is 24.8 Å². The predicted octanol–water partition coefficient (Wildman–Crippen LogP) is 2.52. The summed E-state index contributed by atoms with van der Waals surface area (Å²) in [7, 11) is 0. The number of carboxylic acid groups (broad SMARTS) is 1. The Bertz CT molecular complexity index is 676. The van der Waals surface area contributed by atoms with Crippen LogP contribution < -0.4 is 10.2 Å². The van der Waals surface area contributed by atoms with Crippen molar-refractivity contribution in [3.63, 3.8) is 0 Å². The van der Waals surface area contributed by atoms with Gasteiger partial charge in [-0.1, -0.05) is 6.92 Å². The lowest BCUT2D eigenvalue weighted by Crippen LogP contribution is -2.41. The van der Waals surface area contributed by atoms with Crippen LogP contribution in [0.25, 0.3) is 0 Å². The van der Waals surface area contributed by atoms with Crippen molar-refractivity contribution in [3.05, 3.63) is 33.9 Å². The lowest BCUT2D eigenvalue weighted by atomic mass is 10.1. The third kappa shape index (κ3) is 5.10. The summed E-state index contributed by atoms with van der Waals surface area (Å²) < 4.78 is 0. The molecule has 2 rings (SSSR count). The van der Waals surface area contributed by atoms with Gasteiger partial charge in [-0.15, -0.1) is 0 Å². The zero-order valence-electron chi connectivity index (χ0n) is 14.6. The highest BCUT2D eigenvalue weighted by atomic mass is 32.2. The van der Waals surface area contributed by atoms with Crippen molar-refractivity contribution < 1.29 is 19.6 Å². The first kappa shape index (κ1) is 20.0. The maximum atomic E-state index is 12.4. The molecule has 0 saturated carbocycles. The molecule has 9 heteroatoms. The zero-order valence-corrected chi connectivity index (χ0v) is 15.5. The second-order valence-corrected chi connectivity index (χ2v) is 7.40. The van der Waals surface area contributed by atoms with Crippen LogP contribution in [-0.4, -0.2) is 52.5 Å². The average Bonchev–Trinajstić information content (AvgIpc) is 3.14. The SMILES string of the molecule is CCSCCC(NC(=O)c1ccc(N2CCCC2)c([N+](=O)[O-])c1)C(=O)O. The van der Waals surface area contributed by atoms with Gasteiger partial charge in [0.25, 0.3) is 11.6 Å². The van der Waals surface area contributed by atoms with Crippen molar-refractivity contribution in [3.8, 4) is 0 Å². The Kier molecular flexibility index (Phi) is 7.26. The molecule has 26 heavy (non-hydrogen) atoms. The van der Waals surface area contributed by atoms with Crippen molar-refractivity contribution in [1.82, 2.24) is 5.32 Å². The topological polar surface area (TPSA) is 113 Å². The Hall–Kier alpha value is -2.29. The maximum Gasteiger partial charge on any atom is 0.326 e. The predicted molar refractivity (Wildman–Crippen MR) is 101 cm³/mol. The first-order valence-corrected chi connectivity index (χ1v) is 9.74. The van der Waals surface area contributed by atoms with Gasteiger partial charge < -0.3 is 15.3 Å². The molecule has 0 bridgehead atoms. The summed E-state index contributed by atoms with van der Waals surface area (Å²) in [5.74, 6) is -0.250. The van der Waals surface area contributed by atoms with Gasteiger partial charge in [-0.25, -0.2) is 4.79 Å². The molecule has 1 aromatic rings. The van der Waals surface area contributed by atoms with Gasteiger partial charge in [0, 0.05) is 24.7 Å². The second kappa shape index (κ2) is 9.42. The normalized spacial score (nSPS) is 14.9. The molecule has 1 atom stereocenters. The monoisotopic (exact) mass is 381 g/mol. The number of benzene rings is 1. The zero-order chi connectivity index (χ0) is 19.1. The Balaban J connectivity index is 2.15. The molecule has 1 fully saturated rings. The largest absolute Gasteiger partial charge is 0.480 e. The molecule has 1 aliphatic heterocycles. The van der Waals surface area contributed by atoms with Crippen molar-refractivity contribution >= 4 is 35.0 Å². The number of nitro groups is 1. The summed E-state index contributed by atoms with van der Waals surface area (Å²) in [5.41, 5.74) is 0.459. The van der Waals surface area contributed by atoms with Crippen molar-refractivity contribution in [2.75, 3.05) is 29.5 Å². The number of thioether (sulfide) groups is 1. The number of carboxylic acids is 1. The van der Waals surface area contributed by atoms with Crippen LogP contribution in [0.2, 0.25) is 0 Å². The summed E-state index contributed by atoms with van der Waals surface area (Å²) >= 11 is 1.59. The van der Waals surface area contributed by atoms with Crippen molar-refractivity contribution in [2.24, 2.45) is 0 Å². The van der Waals surface area contributed by atoms with Crippen LogP contribution in [-0.2, 0) is 4.79 Å². The molecule has 1 aliphatic rings. The Labute approximate surface area is 156 Å². The summed E-state index contributed by atoms with van der Waals surface area (Å²) in [6.45, 7) is 3.48. The van der Waals surface area contributed by atoms with Gasteiger partial charge in [0.1, 0.15) is 11.7 Å². The van der Waals surface area contributed by atoms with Gasteiger partial charge in [-0.2, -0.15) is 11.8 Å². The molecule has 1 unspecified atom stereocenters. The van der Waals surface area contributed by atoms with E-state index in [1.807, 2.05) is 11.8 Å². The Morgan fingerprint density at radius 1 is 1.38 bits per heavy atom. The minimum atomic E-state index is -1.11. The summed E-state index contributed by atoms with van der Waals surface area (Å²) in [6.07, 6.45) is 2.26. The van der Waals surface area contributed by atoms with E-state index in [0.29, 0.717) is 17.9 Å². The number of nitro benzene ring substituents is 1. The van der Waals surface area contributed by atoms with Crippen LogP contribution >= 0.6 is 11.8 Å². The van der Waals surface area contributed by atoms with E-state index >= 15 is 0 Å². The van der Waals surface area contributed by atoms with Crippen molar-refractivity contribution in [1.29, 1.82) is 0 Å². The molecule has 0 radical (unpaired) electrons. The summed E-state index contributed by atoms with van der Waals surface area (Å²) in [6, 6.07) is 3.29. The molecular formula is C17H23N3O5S. The number of aliphatic carboxylic acids is 1. The van der Waals surface area contributed by atoms with Gasteiger partial charge in [0.2, 0.25) is 0 Å². The molecule has 0 aliphatic carbocycles. The minimum Gasteiger partial charge on any atom is -0.480 e. The highest BCUT2D eigenvalue weighted by Crippen LogP contribution is 2.31. The number of rotatable bonds is 9. The third-order valence-corrected chi connectivity index (χ3v) is 5.17. The molecular weight excluding hydrogens is 358 g/mol. The number of carbonyl (C=O) groups excluding carboxylic acids is 1. The maximum absolute atomic E-state index is 12.4. The van der Waals surface area contributed by atoms with E-state index < -0.39 is 22.8 Å².